The van der Waals surface area contributed by atoms with Crippen LogP contribution in [0.4, 0.5) is 10.1 Å². The van der Waals surface area contributed by atoms with Gasteiger partial charge in [0, 0.05) is 18.3 Å². The highest BCUT2D eigenvalue weighted by Crippen LogP contribution is 2.19. The molecule has 1 amide bonds. The quantitative estimate of drug-likeness (QED) is 0.689. The van der Waals surface area contributed by atoms with Gasteiger partial charge in [0.2, 0.25) is 10.0 Å². The minimum Gasteiger partial charge on any atom is -0.497 e. The second-order valence-corrected chi connectivity index (χ2v) is 7.35. The maximum atomic E-state index is 14.0. The number of methoxy groups -OCH3 is 1. The Kier molecular flexibility index (Phi) is 6.70. The minimum absolute atomic E-state index is 0.0293. The highest BCUT2D eigenvalue weighted by Gasteiger charge is 2.16. The maximum Gasteiger partial charge on any atom is 0.258 e. The van der Waals surface area contributed by atoms with Gasteiger partial charge in [-0.15, -0.1) is 0 Å². The van der Waals surface area contributed by atoms with Gasteiger partial charge in [-0.1, -0.05) is 19.4 Å². The molecule has 2 N–H and O–H groups in total. The Bertz CT molecular complexity index is 885. The molecular weight excluding hydrogens is 359 g/mol. The van der Waals surface area contributed by atoms with Crippen molar-refractivity contribution >= 4 is 21.6 Å². The summed E-state index contributed by atoms with van der Waals surface area (Å²) in [6.07, 6.45) is 1.60. The van der Waals surface area contributed by atoms with Crippen LogP contribution in [0.15, 0.2) is 47.4 Å². The van der Waals surface area contributed by atoms with Crippen molar-refractivity contribution in [3.8, 4) is 5.75 Å². The molecule has 0 saturated carbocycles. The molecule has 0 fully saturated rings. The molecule has 0 aromatic heterocycles. The van der Waals surface area contributed by atoms with Crippen molar-refractivity contribution in [2.75, 3.05) is 19.0 Å². The molecule has 0 aliphatic carbocycles. The summed E-state index contributed by atoms with van der Waals surface area (Å²) in [4.78, 5) is 12.3. The number of hydrogen-bond acceptors (Lipinski definition) is 4. The summed E-state index contributed by atoms with van der Waals surface area (Å²) in [7, 11) is -2.27. The highest BCUT2D eigenvalue weighted by molar-refractivity contribution is 7.89. The second-order valence-electron chi connectivity index (χ2n) is 5.58. The van der Waals surface area contributed by atoms with E-state index in [9.17, 15) is 17.6 Å². The molecule has 2 aromatic rings. The number of anilines is 1. The third kappa shape index (κ3) is 5.03. The van der Waals surface area contributed by atoms with E-state index in [4.69, 9.17) is 4.74 Å². The van der Waals surface area contributed by atoms with E-state index < -0.39 is 21.7 Å². The minimum atomic E-state index is -3.66. The van der Waals surface area contributed by atoms with E-state index in [2.05, 4.69) is 10.0 Å². The van der Waals surface area contributed by atoms with Crippen molar-refractivity contribution in [2.45, 2.75) is 24.7 Å². The number of ether oxygens (including phenoxy) is 1. The summed E-state index contributed by atoms with van der Waals surface area (Å²) < 4.78 is 45.9. The Labute approximate surface area is 152 Å². The summed E-state index contributed by atoms with van der Waals surface area (Å²) in [6.45, 7) is 2.30. The van der Waals surface area contributed by atoms with Crippen molar-refractivity contribution in [3.05, 3.63) is 53.8 Å². The van der Waals surface area contributed by atoms with E-state index in [-0.39, 0.29) is 16.1 Å². The smallest absolute Gasteiger partial charge is 0.258 e. The van der Waals surface area contributed by atoms with Crippen LogP contribution in [0.1, 0.15) is 30.1 Å². The molecule has 0 spiro atoms. The Morgan fingerprint density at radius 1 is 1.19 bits per heavy atom. The van der Waals surface area contributed by atoms with E-state index in [1.54, 1.807) is 0 Å². The van der Waals surface area contributed by atoms with Crippen LogP contribution in [0, 0.1) is 5.82 Å². The number of carbonyl (C=O) groups is 1. The summed E-state index contributed by atoms with van der Waals surface area (Å²) in [5.74, 6) is -1.12. The standard InChI is InChI=1S/C18H21FN2O4S/c1-3-4-10-20-26(23,24)15-7-5-6-13(11-15)21-18(22)16-9-8-14(25-2)12-17(16)19/h5-9,11-12,20H,3-4,10H2,1-2H3,(H,21,22). The van der Waals surface area contributed by atoms with Gasteiger partial charge in [0.05, 0.1) is 17.6 Å². The van der Waals surface area contributed by atoms with Crippen molar-refractivity contribution < 1.29 is 22.3 Å². The van der Waals surface area contributed by atoms with Crippen LogP contribution < -0.4 is 14.8 Å². The number of nitrogens with one attached hydrogen (secondary N) is 2. The van der Waals surface area contributed by atoms with Crippen LogP contribution in [0.3, 0.4) is 0 Å². The maximum absolute atomic E-state index is 14.0. The predicted octanol–water partition coefficient (Wildman–Crippen LogP) is 3.17. The van der Waals surface area contributed by atoms with Gasteiger partial charge >= 0.3 is 0 Å². The Morgan fingerprint density at radius 2 is 1.96 bits per heavy atom. The van der Waals surface area contributed by atoms with Gasteiger partial charge in [0.15, 0.2) is 0 Å². The zero-order valence-electron chi connectivity index (χ0n) is 14.6. The number of hydrogen-bond donors (Lipinski definition) is 2. The fourth-order valence-corrected chi connectivity index (χ4v) is 3.33. The number of halogens is 1. The summed E-state index contributed by atoms with van der Waals surface area (Å²) in [5.41, 5.74) is 0.0868. The first kappa shape index (κ1) is 19.9. The first-order valence-corrected chi connectivity index (χ1v) is 9.60. The zero-order valence-corrected chi connectivity index (χ0v) is 15.4. The van der Waals surface area contributed by atoms with Gasteiger partial charge in [-0.05, 0) is 36.8 Å². The monoisotopic (exact) mass is 380 g/mol. The molecule has 140 valence electrons. The van der Waals surface area contributed by atoms with Crippen molar-refractivity contribution in [2.24, 2.45) is 0 Å². The molecule has 0 aliphatic heterocycles. The summed E-state index contributed by atoms with van der Waals surface area (Å²) in [6, 6.07) is 9.67. The Hall–Kier alpha value is -2.45. The lowest BCUT2D eigenvalue weighted by atomic mass is 10.2. The van der Waals surface area contributed by atoms with Gasteiger partial charge in [0.1, 0.15) is 11.6 Å². The van der Waals surface area contributed by atoms with E-state index in [0.717, 1.165) is 18.9 Å². The molecule has 0 heterocycles. The largest absolute Gasteiger partial charge is 0.497 e. The molecule has 0 bridgehead atoms. The lowest BCUT2D eigenvalue weighted by Gasteiger charge is -2.10. The first-order chi connectivity index (χ1) is 12.4. The van der Waals surface area contributed by atoms with Crippen LogP contribution in [0.25, 0.3) is 0 Å². The number of unbranched alkanes of at least 4 members (excludes halogenated alkanes) is 1. The molecule has 0 atom stereocenters. The molecule has 2 rings (SSSR count). The topological polar surface area (TPSA) is 84.5 Å². The third-order valence-electron chi connectivity index (χ3n) is 3.65. The van der Waals surface area contributed by atoms with Gasteiger partial charge < -0.3 is 10.1 Å². The number of amides is 1. The van der Waals surface area contributed by atoms with Crippen LogP contribution in [0.2, 0.25) is 0 Å². The lowest BCUT2D eigenvalue weighted by molar-refractivity contribution is 0.102. The average molecular weight is 380 g/mol. The molecule has 0 unspecified atom stereocenters. The number of carbonyl (C=O) groups excluding carboxylic acids is 1. The molecule has 0 saturated heterocycles. The van der Waals surface area contributed by atoms with Crippen molar-refractivity contribution in [1.29, 1.82) is 0 Å². The molecule has 0 radical (unpaired) electrons. The highest BCUT2D eigenvalue weighted by atomic mass is 32.2. The van der Waals surface area contributed by atoms with Gasteiger partial charge in [-0.2, -0.15) is 0 Å². The van der Waals surface area contributed by atoms with E-state index in [1.165, 1.54) is 43.5 Å². The Balaban J connectivity index is 2.16. The molecular formula is C18H21FN2O4S. The van der Waals surface area contributed by atoms with Crippen LogP contribution in [-0.2, 0) is 10.0 Å². The summed E-state index contributed by atoms with van der Waals surface area (Å²) in [5, 5.41) is 2.50. The van der Waals surface area contributed by atoms with Gasteiger partial charge in [-0.3, -0.25) is 4.79 Å². The third-order valence-corrected chi connectivity index (χ3v) is 5.10. The second kappa shape index (κ2) is 8.77. The molecule has 8 heteroatoms. The lowest BCUT2D eigenvalue weighted by Crippen LogP contribution is -2.24. The molecule has 6 nitrogen and oxygen atoms in total. The van der Waals surface area contributed by atoms with E-state index in [0.29, 0.717) is 12.3 Å². The Morgan fingerprint density at radius 3 is 2.62 bits per heavy atom. The molecule has 0 aliphatic rings. The predicted molar refractivity (Wildman–Crippen MR) is 97.4 cm³/mol. The van der Waals surface area contributed by atoms with E-state index >= 15 is 0 Å². The number of benzene rings is 2. The van der Waals surface area contributed by atoms with Crippen molar-refractivity contribution in [3.63, 3.8) is 0 Å². The molecule has 26 heavy (non-hydrogen) atoms. The van der Waals surface area contributed by atoms with Crippen LogP contribution in [-0.4, -0.2) is 28.0 Å². The fourth-order valence-electron chi connectivity index (χ4n) is 2.21. The normalized spacial score (nSPS) is 11.2. The van der Waals surface area contributed by atoms with Crippen LogP contribution in [0.5, 0.6) is 5.75 Å². The number of rotatable bonds is 8. The van der Waals surface area contributed by atoms with Crippen LogP contribution >= 0.6 is 0 Å². The molecule has 2 aromatic carbocycles. The summed E-state index contributed by atoms with van der Waals surface area (Å²) >= 11 is 0. The first-order valence-electron chi connectivity index (χ1n) is 8.12. The van der Waals surface area contributed by atoms with Gasteiger partial charge in [0.25, 0.3) is 5.91 Å². The zero-order chi connectivity index (χ0) is 19.2. The van der Waals surface area contributed by atoms with Crippen molar-refractivity contribution in [1.82, 2.24) is 4.72 Å². The van der Waals surface area contributed by atoms with Gasteiger partial charge in [-0.25, -0.2) is 17.5 Å². The number of sulfonamides is 1. The average Bonchev–Trinajstić information content (AvgIpc) is 2.61. The van der Waals surface area contributed by atoms with E-state index in [1.807, 2.05) is 6.92 Å². The SMILES string of the molecule is CCCCNS(=O)(=O)c1cccc(NC(=O)c2ccc(OC)cc2F)c1. The fraction of sp³-hybridized carbons (Fsp3) is 0.278.